The van der Waals surface area contributed by atoms with E-state index in [1.807, 2.05) is 0 Å². The van der Waals surface area contributed by atoms with Crippen LogP contribution in [0.25, 0.3) is 11.3 Å². The SMILES string of the molecule is C[C@@H]1Cc2[nH]ncc2-c2onc([C@](C)(O)C(F)(F)F)c21. The van der Waals surface area contributed by atoms with Crippen molar-refractivity contribution in [1.29, 1.82) is 0 Å². The van der Waals surface area contributed by atoms with Crippen LogP contribution in [-0.4, -0.2) is 26.6 Å². The summed E-state index contributed by atoms with van der Waals surface area (Å²) >= 11 is 0. The summed E-state index contributed by atoms with van der Waals surface area (Å²) in [6, 6.07) is 0. The van der Waals surface area contributed by atoms with Crippen LogP contribution in [0.4, 0.5) is 13.2 Å². The van der Waals surface area contributed by atoms with Crippen LogP contribution in [0.15, 0.2) is 10.7 Å². The zero-order chi connectivity index (χ0) is 14.7. The van der Waals surface area contributed by atoms with Crippen LogP contribution in [0.1, 0.15) is 36.7 Å². The molecule has 3 rings (SSSR count). The van der Waals surface area contributed by atoms with Crippen molar-refractivity contribution in [2.75, 3.05) is 0 Å². The molecule has 2 N–H and O–H groups in total. The Balaban J connectivity index is 2.20. The average molecular weight is 287 g/mol. The highest BCUT2D eigenvalue weighted by Crippen LogP contribution is 2.47. The third kappa shape index (κ3) is 1.60. The molecule has 0 bridgehead atoms. The Kier molecular flexibility index (Phi) is 2.53. The molecule has 1 aliphatic carbocycles. The molecule has 0 saturated heterocycles. The average Bonchev–Trinajstić information content (AvgIpc) is 2.91. The summed E-state index contributed by atoms with van der Waals surface area (Å²) in [5, 5.41) is 19.9. The molecular weight excluding hydrogens is 275 g/mol. The number of alkyl halides is 3. The minimum Gasteiger partial charge on any atom is -0.375 e. The monoisotopic (exact) mass is 287 g/mol. The fourth-order valence-electron chi connectivity index (χ4n) is 2.51. The number of H-pyrrole nitrogens is 1. The molecule has 0 amide bonds. The lowest BCUT2D eigenvalue weighted by atomic mass is 9.82. The predicted molar refractivity (Wildman–Crippen MR) is 61.8 cm³/mol. The minimum atomic E-state index is -4.83. The molecule has 8 heteroatoms. The smallest absolute Gasteiger partial charge is 0.375 e. The van der Waals surface area contributed by atoms with Gasteiger partial charge in [0.1, 0.15) is 5.69 Å². The lowest BCUT2D eigenvalue weighted by molar-refractivity contribution is -0.261. The Morgan fingerprint density at radius 3 is 2.80 bits per heavy atom. The lowest BCUT2D eigenvalue weighted by Gasteiger charge is -2.27. The Bertz CT molecular complexity index is 657. The summed E-state index contributed by atoms with van der Waals surface area (Å²) in [5.41, 5.74) is -1.84. The summed E-state index contributed by atoms with van der Waals surface area (Å²) < 4.78 is 44.0. The van der Waals surface area contributed by atoms with Gasteiger partial charge in [-0.25, -0.2) is 0 Å². The van der Waals surface area contributed by atoms with Gasteiger partial charge in [-0.1, -0.05) is 12.1 Å². The van der Waals surface area contributed by atoms with Crippen LogP contribution in [0.3, 0.4) is 0 Å². The molecule has 0 aromatic carbocycles. The molecule has 2 heterocycles. The highest BCUT2D eigenvalue weighted by molar-refractivity contribution is 5.68. The molecule has 1 aliphatic rings. The number of aromatic amines is 1. The van der Waals surface area contributed by atoms with E-state index in [0.717, 1.165) is 5.69 Å². The van der Waals surface area contributed by atoms with Crippen molar-refractivity contribution in [3.8, 4) is 11.3 Å². The standard InChI is InChI=1S/C12H12F3N3O2/c1-5-3-7-6(4-16-17-7)9-8(5)10(18-20-9)11(2,19)12(13,14)15/h4-5,19H,3H2,1-2H3,(H,16,17)/t5-,11+/m1/s1. The number of hydrogen-bond acceptors (Lipinski definition) is 4. The maximum Gasteiger partial charge on any atom is 0.422 e. The molecule has 0 spiro atoms. The number of hydrogen-bond donors (Lipinski definition) is 2. The summed E-state index contributed by atoms with van der Waals surface area (Å²) in [7, 11) is 0. The van der Waals surface area contributed by atoms with Crippen LogP contribution >= 0.6 is 0 Å². The van der Waals surface area contributed by atoms with Gasteiger partial charge in [0.05, 0.1) is 11.8 Å². The van der Waals surface area contributed by atoms with E-state index in [9.17, 15) is 18.3 Å². The summed E-state index contributed by atoms with van der Waals surface area (Å²) in [4.78, 5) is 0. The first-order chi connectivity index (χ1) is 9.23. The van der Waals surface area contributed by atoms with Gasteiger partial charge in [-0.3, -0.25) is 5.10 Å². The maximum absolute atomic E-state index is 13.0. The van der Waals surface area contributed by atoms with Crippen LogP contribution < -0.4 is 0 Å². The number of aromatic nitrogens is 3. The van der Waals surface area contributed by atoms with E-state index in [2.05, 4.69) is 15.4 Å². The topological polar surface area (TPSA) is 74.9 Å². The van der Waals surface area contributed by atoms with Crippen molar-refractivity contribution in [1.82, 2.24) is 15.4 Å². The van der Waals surface area contributed by atoms with Gasteiger partial charge in [-0.2, -0.15) is 18.3 Å². The third-order valence-electron chi connectivity index (χ3n) is 3.71. The molecule has 20 heavy (non-hydrogen) atoms. The van der Waals surface area contributed by atoms with E-state index in [1.165, 1.54) is 6.20 Å². The van der Waals surface area contributed by atoms with Gasteiger partial charge in [-0.15, -0.1) is 0 Å². The first kappa shape index (κ1) is 13.2. The van der Waals surface area contributed by atoms with Gasteiger partial charge in [0, 0.05) is 11.3 Å². The van der Waals surface area contributed by atoms with Crippen LogP contribution in [0.5, 0.6) is 0 Å². The molecule has 2 aromatic rings. The van der Waals surface area contributed by atoms with Gasteiger partial charge in [0.15, 0.2) is 5.76 Å². The summed E-state index contributed by atoms with van der Waals surface area (Å²) in [5.74, 6) is -0.0138. The van der Waals surface area contributed by atoms with Gasteiger partial charge >= 0.3 is 6.18 Å². The van der Waals surface area contributed by atoms with Crippen LogP contribution in [0, 0.1) is 0 Å². The molecule has 0 unspecified atom stereocenters. The first-order valence-electron chi connectivity index (χ1n) is 6.05. The molecule has 0 aliphatic heterocycles. The van der Waals surface area contributed by atoms with Crippen molar-refractivity contribution in [2.24, 2.45) is 0 Å². The zero-order valence-electron chi connectivity index (χ0n) is 10.7. The van der Waals surface area contributed by atoms with Gasteiger partial charge in [0.2, 0.25) is 5.60 Å². The second-order valence-electron chi connectivity index (χ2n) is 5.21. The fraction of sp³-hybridized carbons (Fsp3) is 0.500. The maximum atomic E-state index is 13.0. The van der Waals surface area contributed by atoms with E-state index >= 15 is 0 Å². The molecule has 2 aromatic heterocycles. The van der Waals surface area contributed by atoms with Crippen molar-refractivity contribution in [3.05, 3.63) is 23.1 Å². The quantitative estimate of drug-likeness (QED) is 0.845. The minimum absolute atomic E-state index is 0.243. The van der Waals surface area contributed by atoms with Crippen molar-refractivity contribution in [2.45, 2.75) is 38.0 Å². The highest BCUT2D eigenvalue weighted by atomic mass is 19.4. The first-order valence-corrected chi connectivity index (χ1v) is 6.05. The molecule has 108 valence electrons. The van der Waals surface area contributed by atoms with Crippen LogP contribution in [0.2, 0.25) is 0 Å². The largest absolute Gasteiger partial charge is 0.422 e. The molecule has 2 atom stereocenters. The van der Waals surface area contributed by atoms with E-state index < -0.39 is 17.5 Å². The molecular formula is C12H12F3N3O2. The molecule has 0 radical (unpaired) electrons. The number of halogens is 3. The fourth-order valence-corrected chi connectivity index (χ4v) is 2.51. The van der Waals surface area contributed by atoms with Gasteiger partial charge in [0.25, 0.3) is 0 Å². The summed E-state index contributed by atoms with van der Waals surface area (Å²) in [6.45, 7) is 2.44. The predicted octanol–water partition coefficient (Wildman–Crippen LogP) is 2.49. The van der Waals surface area contributed by atoms with E-state index in [4.69, 9.17) is 4.52 Å². The van der Waals surface area contributed by atoms with E-state index in [1.54, 1.807) is 6.92 Å². The Labute approximate surface area is 111 Å². The van der Waals surface area contributed by atoms with Gasteiger partial charge in [-0.05, 0) is 19.3 Å². The molecule has 0 saturated carbocycles. The Hall–Kier alpha value is -1.83. The Morgan fingerprint density at radius 1 is 1.45 bits per heavy atom. The number of rotatable bonds is 1. The number of fused-ring (bicyclic) bond motifs is 3. The van der Waals surface area contributed by atoms with E-state index in [-0.39, 0.29) is 11.7 Å². The normalized spacial score (nSPS) is 21.2. The number of nitrogens with one attached hydrogen (secondary N) is 1. The van der Waals surface area contributed by atoms with Crippen LogP contribution in [-0.2, 0) is 12.0 Å². The van der Waals surface area contributed by atoms with Gasteiger partial charge < -0.3 is 9.63 Å². The summed E-state index contributed by atoms with van der Waals surface area (Å²) in [6.07, 6.45) is -2.85. The lowest BCUT2D eigenvalue weighted by Crippen LogP contribution is -2.40. The number of nitrogens with zero attached hydrogens (tertiary/aromatic N) is 2. The van der Waals surface area contributed by atoms with Crippen molar-refractivity contribution in [3.63, 3.8) is 0 Å². The van der Waals surface area contributed by atoms with Crippen molar-refractivity contribution < 1.29 is 22.8 Å². The van der Waals surface area contributed by atoms with E-state index in [0.29, 0.717) is 24.5 Å². The number of aliphatic hydroxyl groups is 1. The second-order valence-corrected chi connectivity index (χ2v) is 5.21. The highest BCUT2D eigenvalue weighted by Gasteiger charge is 2.55. The third-order valence-corrected chi connectivity index (χ3v) is 3.71. The molecule has 0 fully saturated rings. The van der Waals surface area contributed by atoms with Crippen molar-refractivity contribution >= 4 is 0 Å². The Morgan fingerprint density at radius 2 is 2.15 bits per heavy atom. The second kappa shape index (κ2) is 3.85. The molecule has 5 nitrogen and oxygen atoms in total. The zero-order valence-corrected chi connectivity index (χ0v) is 10.7.